The predicted molar refractivity (Wildman–Crippen MR) is 53.5 cm³/mol. The Morgan fingerprint density at radius 2 is 2.50 bits per heavy atom. The Morgan fingerprint density at radius 1 is 1.71 bits per heavy atom. The predicted octanol–water partition coefficient (Wildman–Crippen LogP) is 0.758. The van der Waals surface area contributed by atoms with E-state index in [9.17, 15) is 4.79 Å². The molecule has 1 aromatic heterocycles. The maximum atomic E-state index is 10.5. The van der Waals surface area contributed by atoms with Crippen LogP contribution in [0.1, 0.15) is 15.6 Å². The molecule has 0 atom stereocenters. The molecule has 1 N–H and O–H groups in total. The van der Waals surface area contributed by atoms with Crippen molar-refractivity contribution in [2.24, 2.45) is 0 Å². The maximum Gasteiger partial charge on any atom is 0.310 e. The molecule has 0 saturated carbocycles. The van der Waals surface area contributed by atoms with Crippen molar-refractivity contribution < 1.29 is 9.90 Å². The Hall–Kier alpha value is -0.940. The Bertz CT molecular complexity index is 362. The minimum Gasteiger partial charge on any atom is -0.481 e. The first kappa shape index (κ1) is 9.61. The van der Waals surface area contributed by atoms with E-state index in [2.05, 4.69) is 16.9 Å². The van der Waals surface area contributed by atoms with Crippen LogP contribution in [0.4, 0.5) is 0 Å². The maximum absolute atomic E-state index is 10.5. The van der Waals surface area contributed by atoms with Gasteiger partial charge in [0.1, 0.15) is 5.01 Å². The van der Waals surface area contributed by atoms with Crippen LogP contribution in [-0.2, 0) is 24.2 Å². The third kappa shape index (κ3) is 1.93. The number of carbonyl (C=O) groups is 1. The summed E-state index contributed by atoms with van der Waals surface area (Å²) in [6.07, 6.45) is 1.00. The van der Waals surface area contributed by atoms with Gasteiger partial charge in [0, 0.05) is 24.4 Å². The van der Waals surface area contributed by atoms with E-state index in [0.717, 1.165) is 30.2 Å². The fourth-order valence-electron chi connectivity index (χ4n) is 1.58. The molecule has 14 heavy (non-hydrogen) atoms. The number of aliphatic carboxylic acids is 1. The molecule has 0 amide bonds. The van der Waals surface area contributed by atoms with Crippen molar-refractivity contribution in [2.75, 3.05) is 13.6 Å². The number of likely N-dealkylation sites (N-methyl/N-ethyl adjacent to an activating group) is 1. The van der Waals surface area contributed by atoms with Crippen molar-refractivity contribution >= 4 is 17.3 Å². The minimum absolute atomic E-state index is 0.0569. The van der Waals surface area contributed by atoms with E-state index in [0.29, 0.717) is 0 Å². The van der Waals surface area contributed by atoms with Gasteiger partial charge in [-0.1, -0.05) is 0 Å². The minimum atomic E-state index is -0.801. The number of nitrogens with zero attached hydrogens (tertiary/aromatic N) is 2. The van der Waals surface area contributed by atoms with Crippen LogP contribution in [-0.4, -0.2) is 34.6 Å². The molecule has 5 heteroatoms. The fourth-order valence-corrected chi connectivity index (χ4v) is 2.77. The number of thiazole rings is 1. The van der Waals surface area contributed by atoms with Gasteiger partial charge in [-0.2, -0.15) is 0 Å². The van der Waals surface area contributed by atoms with Crippen molar-refractivity contribution in [2.45, 2.75) is 19.4 Å². The largest absolute Gasteiger partial charge is 0.481 e. The van der Waals surface area contributed by atoms with Crippen LogP contribution in [0.25, 0.3) is 0 Å². The van der Waals surface area contributed by atoms with E-state index in [4.69, 9.17) is 5.11 Å². The zero-order valence-electron chi connectivity index (χ0n) is 7.99. The highest BCUT2D eigenvalue weighted by Crippen LogP contribution is 2.24. The summed E-state index contributed by atoms with van der Waals surface area (Å²) in [4.78, 5) is 18.3. The lowest BCUT2D eigenvalue weighted by atomic mass is 10.2. The highest BCUT2D eigenvalue weighted by atomic mass is 32.1. The van der Waals surface area contributed by atoms with E-state index < -0.39 is 5.97 Å². The van der Waals surface area contributed by atoms with Crippen LogP contribution in [0.15, 0.2) is 0 Å². The van der Waals surface area contributed by atoms with Crippen molar-refractivity contribution in [3.05, 3.63) is 15.6 Å². The number of rotatable bonds is 2. The fraction of sp³-hybridized carbons (Fsp3) is 0.556. The van der Waals surface area contributed by atoms with Crippen LogP contribution in [0.3, 0.4) is 0 Å². The lowest BCUT2D eigenvalue weighted by Crippen LogP contribution is -2.25. The zero-order valence-corrected chi connectivity index (χ0v) is 8.80. The van der Waals surface area contributed by atoms with Crippen molar-refractivity contribution in [3.63, 3.8) is 0 Å². The van der Waals surface area contributed by atoms with Crippen LogP contribution in [0.5, 0.6) is 0 Å². The van der Waals surface area contributed by atoms with E-state index in [1.807, 2.05) is 0 Å². The Kier molecular flexibility index (Phi) is 2.52. The molecule has 0 radical (unpaired) electrons. The second-order valence-corrected chi connectivity index (χ2v) is 4.70. The zero-order chi connectivity index (χ0) is 10.1. The van der Waals surface area contributed by atoms with Gasteiger partial charge in [0.15, 0.2) is 0 Å². The van der Waals surface area contributed by atoms with E-state index in [1.165, 1.54) is 16.2 Å². The van der Waals surface area contributed by atoms with E-state index in [-0.39, 0.29) is 6.42 Å². The first-order valence-corrected chi connectivity index (χ1v) is 5.34. The van der Waals surface area contributed by atoms with Crippen LogP contribution in [0.2, 0.25) is 0 Å². The highest BCUT2D eigenvalue weighted by Gasteiger charge is 2.18. The summed E-state index contributed by atoms with van der Waals surface area (Å²) in [6, 6.07) is 0. The highest BCUT2D eigenvalue weighted by molar-refractivity contribution is 7.11. The second-order valence-electron chi connectivity index (χ2n) is 3.54. The van der Waals surface area contributed by atoms with Crippen molar-refractivity contribution in [3.8, 4) is 0 Å². The van der Waals surface area contributed by atoms with Gasteiger partial charge in [0.25, 0.3) is 0 Å². The molecule has 1 aliphatic rings. The monoisotopic (exact) mass is 212 g/mol. The van der Waals surface area contributed by atoms with Crippen LogP contribution >= 0.6 is 11.3 Å². The summed E-state index contributed by atoms with van der Waals surface area (Å²) in [5, 5.41) is 9.37. The molecule has 0 bridgehead atoms. The molecule has 76 valence electrons. The van der Waals surface area contributed by atoms with Gasteiger partial charge in [-0.3, -0.25) is 4.79 Å². The average molecular weight is 212 g/mol. The molecular weight excluding hydrogens is 200 g/mol. The van der Waals surface area contributed by atoms with Crippen molar-refractivity contribution in [1.82, 2.24) is 9.88 Å². The number of hydrogen-bond acceptors (Lipinski definition) is 4. The van der Waals surface area contributed by atoms with E-state index >= 15 is 0 Å². The number of aromatic nitrogens is 1. The van der Waals surface area contributed by atoms with Gasteiger partial charge in [-0.15, -0.1) is 11.3 Å². The third-order valence-electron chi connectivity index (χ3n) is 2.27. The lowest BCUT2D eigenvalue weighted by Gasteiger charge is -2.20. The Labute approximate surface area is 86.2 Å². The normalized spacial score (nSPS) is 16.6. The smallest absolute Gasteiger partial charge is 0.310 e. The quantitative estimate of drug-likeness (QED) is 0.786. The third-order valence-corrected chi connectivity index (χ3v) is 3.35. The summed E-state index contributed by atoms with van der Waals surface area (Å²) in [7, 11) is 2.07. The summed E-state index contributed by atoms with van der Waals surface area (Å²) in [5.74, 6) is -0.801. The molecule has 0 unspecified atom stereocenters. The topological polar surface area (TPSA) is 53.4 Å². The number of carboxylic acid groups (broad SMARTS) is 1. The SMILES string of the molecule is CN1CCc2nc(CC(=O)O)sc2C1. The molecule has 0 spiro atoms. The van der Waals surface area contributed by atoms with Gasteiger partial charge in [-0.25, -0.2) is 4.98 Å². The van der Waals surface area contributed by atoms with Gasteiger partial charge >= 0.3 is 5.97 Å². The van der Waals surface area contributed by atoms with E-state index in [1.54, 1.807) is 0 Å². The van der Waals surface area contributed by atoms with Gasteiger partial charge in [0.05, 0.1) is 12.1 Å². The standard InChI is InChI=1S/C9H12N2O2S/c1-11-3-2-6-7(5-11)14-8(10-6)4-9(12)13/h2-5H2,1H3,(H,12,13). The molecule has 0 fully saturated rings. The first-order valence-electron chi connectivity index (χ1n) is 4.53. The van der Waals surface area contributed by atoms with Crippen molar-refractivity contribution in [1.29, 1.82) is 0 Å². The van der Waals surface area contributed by atoms with Gasteiger partial charge in [0.2, 0.25) is 0 Å². The molecule has 1 aromatic rings. The molecule has 0 aromatic carbocycles. The van der Waals surface area contributed by atoms with Crippen LogP contribution in [0, 0.1) is 0 Å². The summed E-state index contributed by atoms with van der Waals surface area (Å²) >= 11 is 1.53. The molecule has 0 saturated heterocycles. The number of carboxylic acids is 1. The van der Waals surface area contributed by atoms with Crippen LogP contribution < -0.4 is 0 Å². The average Bonchev–Trinajstić information content (AvgIpc) is 2.44. The van der Waals surface area contributed by atoms with Gasteiger partial charge < -0.3 is 10.0 Å². The Morgan fingerprint density at radius 3 is 3.21 bits per heavy atom. The number of hydrogen-bond donors (Lipinski definition) is 1. The molecule has 2 rings (SSSR count). The first-order chi connectivity index (χ1) is 6.65. The van der Waals surface area contributed by atoms with Gasteiger partial charge in [-0.05, 0) is 7.05 Å². The molecular formula is C9H12N2O2S. The number of fused-ring (bicyclic) bond motifs is 1. The molecule has 2 heterocycles. The summed E-state index contributed by atoms with van der Waals surface area (Å²) in [6.45, 7) is 1.93. The molecule has 4 nitrogen and oxygen atoms in total. The lowest BCUT2D eigenvalue weighted by molar-refractivity contribution is -0.136. The Balaban J connectivity index is 2.19. The summed E-state index contributed by atoms with van der Waals surface area (Å²) < 4.78 is 0. The molecule has 1 aliphatic heterocycles. The second kappa shape index (κ2) is 3.67. The molecule has 0 aliphatic carbocycles. The summed E-state index contributed by atoms with van der Waals surface area (Å²) in [5.41, 5.74) is 1.10.